The molecule has 1 rings (SSSR count). The lowest BCUT2D eigenvalue weighted by Crippen LogP contribution is -2.42. The van der Waals surface area contributed by atoms with Crippen molar-refractivity contribution < 1.29 is 14.8 Å². The van der Waals surface area contributed by atoms with Gasteiger partial charge >= 0.3 is 5.97 Å². The minimum absolute atomic E-state index is 0.112. The number of nitrogens with zero attached hydrogens (tertiary/aromatic N) is 2. The molecule has 0 saturated carbocycles. The molecule has 0 radical (unpaired) electrons. The van der Waals surface area contributed by atoms with Crippen molar-refractivity contribution >= 4 is 17.3 Å². The number of carboxylic acid groups (broad SMARTS) is 1. The van der Waals surface area contributed by atoms with Crippen molar-refractivity contribution in [1.82, 2.24) is 0 Å². The van der Waals surface area contributed by atoms with Gasteiger partial charge in [0.2, 0.25) is 0 Å². The number of carboxylic acids is 1. The van der Waals surface area contributed by atoms with E-state index in [1.807, 2.05) is 0 Å². The topological polar surface area (TPSA) is 116 Å². The van der Waals surface area contributed by atoms with Crippen molar-refractivity contribution in [3.63, 3.8) is 0 Å². The number of aliphatic carboxylic acids is 1. The van der Waals surface area contributed by atoms with Crippen LogP contribution in [0.3, 0.4) is 0 Å². The minimum Gasteiger partial charge on any atom is -0.480 e. The average molecular weight is 263 g/mol. The van der Waals surface area contributed by atoms with Gasteiger partial charge in [0.15, 0.2) is 0 Å². The maximum absolute atomic E-state index is 11.2. The Morgan fingerprint density at radius 3 is 2.68 bits per heavy atom. The first-order valence-corrected chi connectivity index (χ1v) is 5.54. The van der Waals surface area contributed by atoms with Crippen LogP contribution in [0, 0.1) is 21.4 Å². The number of hydrogen-bond acceptors (Lipinski definition) is 5. The second kappa shape index (κ2) is 5.35. The number of benzene rings is 1. The Kier molecular flexibility index (Phi) is 4.07. The van der Waals surface area contributed by atoms with Crippen LogP contribution in [0.5, 0.6) is 0 Å². The summed E-state index contributed by atoms with van der Waals surface area (Å²) in [6, 6.07) is 5.56. The molecule has 100 valence electrons. The number of hydrogen-bond donors (Lipinski definition) is 2. The van der Waals surface area contributed by atoms with Crippen molar-refractivity contribution in [3.05, 3.63) is 33.9 Å². The van der Waals surface area contributed by atoms with Crippen LogP contribution in [0.25, 0.3) is 0 Å². The molecule has 1 aromatic rings. The lowest BCUT2D eigenvalue weighted by atomic mass is 9.98. The van der Waals surface area contributed by atoms with Crippen LogP contribution in [-0.4, -0.2) is 21.5 Å². The Morgan fingerprint density at radius 2 is 2.26 bits per heavy atom. The second-order valence-corrected chi connectivity index (χ2v) is 4.22. The third-order valence-electron chi connectivity index (χ3n) is 2.91. The average Bonchev–Trinajstić information content (AvgIpc) is 2.37. The SMILES string of the molecule is CCC(C)(Nc1ccc([N+](=O)[O-])c(C#N)c1)C(=O)O. The molecule has 0 aliphatic carbocycles. The third-order valence-corrected chi connectivity index (χ3v) is 2.91. The first-order chi connectivity index (χ1) is 8.84. The Balaban J connectivity index is 3.15. The highest BCUT2D eigenvalue weighted by Crippen LogP contribution is 2.25. The molecule has 2 N–H and O–H groups in total. The summed E-state index contributed by atoms with van der Waals surface area (Å²) in [6.07, 6.45) is 0.321. The largest absolute Gasteiger partial charge is 0.480 e. The molecule has 0 saturated heterocycles. The molecule has 7 nitrogen and oxygen atoms in total. The highest BCUT2D eigenvalue weighted by molar-refractivity contribution is 5.82. The van der Waals surface area contributed by atoms with Gasteiger partial charge in [0.25, 0.3) is 5.69 Å². The van der Waals surface area contributed by atoms with Crippen LogP contribution in [0.4, 0.5) is 11.4 Å². The Labute approximate surface area is 109 Å². The van der Waals surface area contributed by atoms with Crippen LogP contribution in [0.2, 0.25) is 0 Å². The van der Waals surface area contributed by atoms with E-state index in [-0.39, 0.29) is 11.3 Å². The molecule has 0 aliphatic rings. The highest BCUT2D eigenvalue weighted by Gasteiger charge is 2.31. The van der Waals surface area contributed by atoms with Gasteiger partial charge in [-0.15, -0.1) is 0 Å². The number of anilines is 1. The molecule has 0 aliphatic heterocycles. The molecular weight excluding hydrogens is 250 g/mol. The van der Waals surface area contributed by atoms with Crippen LogP contribution in [0.1, 0.15) is 25.8 Å². The fourth-order valence-electron chi connectivity index (χ4n) is 1.47. The molecule has 0 amide bonds. The van der Waals surface area contributed by atoms with Crippen molar-refractivity contribution in [3.8, 4) is 6.07 Å². The van der Waals surface area contributed by atoms with Gasteiger partial charge in [-0.2, -0.15) is 5.26 Å². The standard InChI is InChI=1S/C12H13N3O4/c1-3-12(2,11(16)17)14-9-4-5-10(15(18)19)8(6-9)7-13/h4-6,14H,3H2,1-2H3,(H,16,17). The van der Waals surface area contributed by atoms with Gasteiger partial charge in [-0.05, 0) is 25.5 Å². The summed E-state index contributed by atoms with van der Waals surface area (Å²) < 4.78 is 0. The predicted octanol–water partition coefficient (Wildman–Crippen LogP) is 2.13. The molecule has 1 aromatic carbocycles. The normalized spacial score (nSPS) is 13.1. The zero-order chi connectivity index (χ0) is 14.6. The summed E-state index contributed by atoms with van der Waals surface area (Å²) in [5.41, 5.74) is -1.25. The molecule has 7 heteroatoms. The van der Waals surface area contributed by atoms with E-state index in [9.17, 15) is 14.9 Å². The van der Waals surface area contributed by atoms with Crippen LogP contribution in [-0.2, 0) is 4.79 Å². The van der Waals surface area contributed by atoms with E-state index in [4.69, 9.17) is 10.4 Å². The summed E-state index contributed by atoms with van der Waals surface area (Å²) in [5.74, 6) is -1.04. The van der Waals surface area contributed by atoms with E-state index in [1.165, 1.54) is 25.1 Å². The van der Waals surface area contributed by atoms with Gasteiger partial charge in [-0.3, -0.25) is 10.1 Å². The molecule has 0 fully saturated rings. The Hall–Kier alpha value is -2.62. The molecule has 0 heterocycles. The van der Waals surface area contributed by atoms with Crippen molar-refractivity contribution in [1.29, 1.82) is 5.26 Å². The van der Waals surface area contributed by atoms with E-state index in [2.05, 4.69) is 5.32 Å². The minimum atomic E-state index is -1.19. The number of nitrogens with one attached hydrogen (secondary N) is 1. The first-order valence-electron chi connectivity index (χ1n) is 5.54. The highest BCUT2D eigenvalue weighted by atomic mass is 16.6. The number of nitro groups is 1. The van der Waals surface area contributed by atoms with Gasteiger partial charge in [-0.25, -0.2) is 4.79 Å². The van der Waals surface area contributed by atoms with Gasteiger partial charge < -0.3 is 10.4 Å². The first kappa shape index (κ1) is 14.4. The van der Waals surface area contributed by atoms with E-state index in [0.717, 1.165) is 0 Å². The van der Waals surface area contributed by atoms with E-state index in [1.54, 1.807) is 13.0 Å². The second-order valence-electron chi connectivity index (χ2n) is 4.22. The number of nitriles is 1. The van der Waals surface area contributed by atoms with E-state index < -0.39 is 16.4 Å². The van der Waals surface area contributed by atoms with Crippen LogP contribution < -0.4 is 5.32 Å². The summed E-state index contributed by atoms with van der Waals surface area (Å²) in [5, 5.41) is 31.4. The van der Waals surface area contributed by atoms with E-state index >= 15 is 0 Å². The number of rotatable bonds is 5. The summed E-state index contributed by atoms with van der Waals surface area (Å²) in [4.78, 5) is 21.2. The molecule has 0 spiro atoms. The van der Waals surface area contributed by atoms with Crippen molar-refractivity contribution in [2.24, 2.45) is 0 Å². The molecule has 19 heavy (non-hydrogen) atoms. The maximum atomic E-state index is 11.2. The lowest BCUT2D eigenvalue weighted by Gasteiger charge is -2.25. The van der Waals surface area contributed by atoms with Crippen LogP contribution >= 0.6 is 0 Å². The Bertz CT molecular complexity index is 565. The van der Waals surface area contributed by atoms with Gasteiger partial charge in [-0.1, -0.05) is 6.92 Å². The fraction of sp³-hybridized carbons (Fsp3) is 0.333. The molecule has 0 aromatic heterocycles. The van der Waals surface area contributed by atoms with Crippen molar-refractivity contribution in [2.75, 3.05) is 5.32 Å². The summed E-state index contributed by atoms with van der Waals surface area (Å²) >= 11 is 0. The quantitative estimate of drug-likeness (QED) is 0.620. The predicted molar refractivity (Wildman–Crippen MR) is 67.8 cm³/mol. The zero-order valence-electron chi connectivity index (χ0n) is 10.5. The molecule has 0 bridgehead atoms. The molecule has 1 atom stereocenters. The number of nitro benzene ring substituents is 1. The van der Waals surface area contributed by atoms with Crippen molar-refractivity contribution in [2.45, 2.75) is 25.8 Å². The Morgan fingerprint density at radius 1 is 1.63 bits per heavy atom. The van der Waals surface area contributed by atoms with Gasteiger partial charge in [0.05, 0.1) is 4.92 Å². The van der Waals surface area contributed by atoms with Crippen LogP contribution in [0.15, 0.2) is 18.2 Å². The monoisotopic (exact) mass is 263 g/mol. The summed E-state index contributed by atoms with van der Waals surface area (Å²) in [7, 11) is 0. The smallest absolute Gasteiger partial charge is 0.329 e. The lowest BCUT2D eigenvalue weighted by molar-refractivity contribution is -0.385. The molecular formula is C12H13N3O4. The molecule has 1 unspecified atom stereocenters. The zero-order valence-corrected chi connectivity index (χ0v) is 10.5. The van der Waals surface area contributed by atoms with Gasteiger partial charge in [0, 0.05) is 11.8 Å². The van der Waals surface area contributed by atoms with E-state index in [0.29, 0.717) is 12.1 Å². The number of carbonyl (C=O) groups is 1. The third kappa shape index (κ3) is 2.98. The van der Waals surface area contributed by atoms with Gasteiger partial charge in [0.1, 0.15) is 17.2 Å². The fourth-order valence-corrected chi connectivity index (χ4v) is 1.47. The maximum Gasteiger partial charge on any atom is 0.329 e. The summed E-state index contributed by atoms with van der Waals surface area (Å²) in [6.45, 7) is 3.21.